The molecule has 0 heterocycles. The van der Waals surface area contributed by atoms with E-state index in [4.69, 9.17) is 0 Å². The Morgan fingerprint density at radius 2 is 2.00 bits per heavy atom. The van der Waals surface area contributed by atoms with E-state index in [9.17, 15) is 0 Å². The minimum Gasteiger partial charge on any atom is -0.314 e. The molecule has 0 amide bonds. The average molecular weight is 263 g/mol. The fourth-order valence-electron chi connectivity index (χ4n) is 2.76. The van der Waals surface area contributed by atoms with Crippen molar-refractivity contribution in [2.45, 2.75) is 50.2 Å². The minimum atomic E-state index is 0.748. The average Bonchev–Trinajstić information content (AvgIpc) is 2.76. The lowest BCUT2D eigenvalue weighted by molar-refractivity contribution is 0.432. The van der Waals surface area contributed by atoms with Crippen LogP contribution in [0, 0.1) is 5.92 Å². The first kappa shape index (κ1) is 14.0. The lowest BCUT2D eigenvalue weighted by Gasteiger charge is -2.21. The van der Waals surface area contributed by atoms with Crippen LogP contribution >= 0.6 is 11.8 Å². The first-order valence-electron chi connectivity index (χ1n) is 7.20. The number of hydrogen-bond acceptors (Lipinski definition) is 2. The summed E-state index contributed by atoms with van der Waals surface area (Å²) < 4.78 is 0. The van der Waals surface area contributed by atoms with Crippen molar-refractivity contribution in [2.24, 2.45) is 5.92 Å². The van der Waals surface area contributed by atoms with E-state index in [0.717, 1.165) is 23.0 Å². The number of benzene rings is 1. The Morgan fingerprint density at radius 3 is 2.72 bits per heavy atom. The number of hydrogen-bond donors (Lipinski definition) is 1. The molecule has 1 aliphatic rings. The molecule has 100 valence electrons. The normalized spacial score (nSPS) is 27.6. The van der Waals surface area contributed by atoms with Crippen LogP contribution in [0.2, 0.25) is 0 Å². The van der Waals surface area contributed by atoms with Gasteiger partial charge in [0.1, 0.15) is 0 Å². The molecule has 0 aliphatic heterocycles. The Kier molecular flexibility index (Phi) is 5.58. The lowest BCUT2D eigenvalue weighted by Crippen LogP contribution is -2.33. The Labute approximate surface area is 116 Å². The molecule has 0 bridgehead atoms. The fourth-order valence-corrected chi connectivity index (χ4v) is 4.15. The van der Waals surface area contributed by atoms with E-state index in [0.29, 0.717) is 0 Å². The van der Waals surface area contributed by atoms with Gasteiger partial charge in [0.25, 0.3) is 0 Å². The van der Waals surface area contributed by atoms with Crippen LogP contribution in [0.1, 0.15) is 38.7 Å². The van der Waals surface area contributed by atoms with E-state index in [1.165, 1.54) is 31.4 Å². The molecule has 1 nitrogen and oxygen atoms in total. The van der Waals surface area contributed by atoms with Crippen LogP contribution in [0.3, 0.4) is 0 Å². The Bertz CT molecular complexity index is 338. The van der Waals surface area contributed by atoms with Crippen LogP contribution in [0.5, 0.6) is 0 Å². The first-order chi connectivity index (χ1) is 8.81. The summed E-state index contributed by atoms with van der Waals surface area (Å²) in [5.74, 6) is 1.97. The third-order valence-electron chi connectivity index (χ3n) is 3.95. The van der Waals surface area contributed by atoms with Gasteiger partial charge in [-0.1, -0.05) is 44.2 Å². The summed E-state index contributed by atoms with van der Waals surface area (Å²) in [5.41, 5.74) is 1.46. The van der Waals surface area contributed by atoms with Crippen LogP contribution in [0.15, 0.2) is 30.3 Å². The zero-order chi connectivity index (χ0) is 12.8. The lowest BCUT2D eigenvalue weighted by atomic mass is 10.1. The molecular formula is C16H25NS. The number of thioether (sulfide) groups is 1. The monoisotopic (exact) mass is 263 g/mol. The molecule has 2 rings (SSSR count). The van der Waals surface area contributed by atoms with E-state index in [1.54, 1.807) is 0 Å². The maximum absolute atomic E-state index is 3.70. The molecule has 18 heavy (non-hydrogen) atoms. The molecule has 3 unspecified atom stereocenters. The Balaban J connectivity index is 1.77. The third-order valence-corrected chi connectivity index (χ3v) is 5.54. The SMILES string of the molecule is CCCNC1CCC(SCc2ccccc2)C1C. The predicted molar refractivity (Wildman–Crippen MR) is 82.0 cm³/mol. The van der Waals surface area contributed by atoms with Crippen molar-refractivity contribution >= 4 is 11.8 Å². The molecule has 2 heteroatoms. The summed E-state index contributed by atoms with van der Waals surface area (Å²) >= 11 is 2.14. The predicted octanol–water partition coefficient (Wildman–Crippen LogP) is 4.09. The van der Waals surface area contributed by atoms with E-state index in [2.05, 4.69) is 61.3 Å². The van der Waals surface area contributed by atoms with Crippen LogP contribution < -0.4 is 5.32 Å². The highest BCUT2D eigenvalue weighted by atomic mass is 32.2. The maximum Gasteiger partial charge on any atom is 0.0187 e. The van der Waals surface area contributed by atoms with Gasteiger partial charge in [0, 0.05) is 17.0 Å². The van der Waals surface area contributed by atoms with Crippen LogP contribution in [-0.4, -0.2) is 17.8 Å². The Morgan fingerprint density at radius 1 is 1.22 bits per heavy atom. The highest BCUT2D eigenvalue weighted by molar-refractivity contribution is 7.99. The molecule has 0 spiro atoms. The summed E-state index contributed by atoms with van der Waals surface area (Å²) in [4.78, 5) is 0. The van der Waals surface area contributed by atoms with Crippen molar-refractivity contribution in [3.05, 3.63) is 35.9 Å². The van der Waals surface area contributed by atoms with Crippen molar-refractivity contribution in [2.75, 3.05) is 6.54 Å². The molecule has 0 aromatic heterocycles. The van der Waals surface area contributed by atoms with Gasteiger partial charge in [-0.3, -0.25) is 0 Å². The molecular weight excluding hydrogens is 238 g/mol. The number of nitrogens with one attached hydrogen (secondary N) is 1. The van der Waals surface area contributed by atoms with Gasteiger partial charge in [-0.2, -0.15) is 11.8 Å². The second-order valence-electron chi connectivity index (χ2n) is 5.33. The highest BCUT2D eigenvalue weighted by Crippen LogP contribution is 2.36. The van der Waals surface area contributed by atoms with Gasteiger partial charge in [-0.25, -0.2) is 0 Å². The van der Waals surface area contributed by atoms with E-state index < -0.39 is 0 Å². The zero-order valence-electron chi connectivity index (χ0n) is 11.6. The molecule has 1 fully saturated rings. The molecule has 3 atom stereocenters. The van der Waals surface area contributed by atoms with E-state index in [-0.39, 0.29) is 0 Å². The summed E-state index contributed by atoms with van der Waals surface area (Å²) in [6.07, 6.45) is 3.97. The summed E-state index contributed by atoms with van der Waals surface area (Å²) in [6, 6.07) is 11.6. The Hall–Kier alpha value is -0.470. The maximum atomic E-state index is 3.70. The van der Waals surface area contributed by atoms with Crippen molar-refractivity contribution in [3.8, 4) is 0 Å². The molecule has 1 aliphatic carbocycles. The van der Waals surface area contributed by atoms with Crippen molar-refractivity contribution < 1.29 is 0 Å². The van der Waals surface area contributed by atoms with E-state index in [1.807, 2.05) is 0 Å². The molecule has 0 saturated heterocycles. The van der Waals surface area contributed by atoms with Gasteiger partial charge < -0.3 is 5.32 Å². The van der Waals surface area contributed by atoms with Gasteiger partial charge in [0.2, 0.25) is 0 Å². The van der Waals surface area contributed by atoms with Crippen molar-refractivity contribution in [1.29, 1.82) is 0 Å². The smallest absolute Gasteiger partial charge is 0.0187 e. The van der Waals surface area contributed by atoms with Crippen molar-refractivity contribution in [3.63, 3.8) is 0 Å². The standard InChI is InChI=1S/C16H25NS/c1-3-11-17-15-9-10-16(13(15)2)18-12-14-7-5-4-6-8-14/h4-8,13,15-17H,3,9-12H2,1-2H3. The zero-order valence-corrected chi connectivity index (χ0v) is 12.4. The quantitative estimate of drug-likeness (QED) is 0.830. The second-order valence-corrected chi connectivity index (χ2v) is 6.56. The van der Waals surface area contributed by atoms with Crippen LogP contribution in [-0.2, 0) is 5.75 Å². The minimum absolute atomic E-state index is 0.748. The molecule has 1 saturated carbocycles. The molecule has 1 aromatic rings. The second kappa shape index (κ2) is 7.20. The summed E-state index contributed by atoms with van der Waals surface area (Å²) in [7, 11) is 0. The van der Waals surface area contributed by atoms with Gasteiger partial charge in [-0.15, -0.1) is 0 Å². The van der Waals surface area contributed by atoms with Crippen LogP contribution in [0.25, 0.3) is 0 Å². The van der Waals surface area contributed by atoms with Gasteiger partial charge in [0.15, 0.2) is 0 Å². The molecule has 1 aromatic carbocycles. The fraction of sp³-hybridized carbons (Fsp3) is 0.625. The summed E-state index contributed by atoms with van der Waals surface area (Å²) in [6.45, 7) is 5.84. The van der Waals surface area contributed by atoms with Crippen LogP contribution in [0.4, 0.5) is 0 Å². The van der Waals surface area contributed by atoms with Gasteiger partial charge in [-0.05, 0) is 37.3 Å². The largest absolute Gasteiger partial charge is 0.314 e. The van der Waals surface area contributed by atoms with Crippen molar-refractivity contribution in [1.82, 2.24) is 5.32 Å². The third kappa shape index (κ3) is 3.76. The first-order valence-corrected chi connectivity index (χ1v) is 8.25. The van der Waals surface area contributed by atoms with Gasteiger partial charge >= 0.3 is 0 Å². The molecule has 0 radical (unpaired) electrons. The summed E-state index contributed by atoms with van der Waals surface area (Å²) in [5, 5.41) is 4.53. The number of rotatable bonds is 6. The highest BCUT2D eigenvalue weighted by Gasteiger charge is 2.32. The molecule has 1 N–H and O–H groups in total. The topological polar surface area (TPSA) is 12.0 Å². The van der Waals surface area contributed by atoms with E-state index >= 15 is 0 Å². The van der Waals surface area contributed by atoms with Gasteiger partial charge in [0.05, 0.1) is 0 Å².